The lowest BCUT2D eigenvalue weighted by molar-refractivity contribution is 0.624. The Morgan fingerprint density at radius 2 is 1.14 bits per heavy atom. The van der Waals surface area contributed by atoms with Crippen LogP contribution in [0, 0.1) is 20.8 Å². The van der Waals surface area contributed by atoms with Crippen molar-refractivity contribution in [3.63, 3.8) is 0 Å². The summed E-state index contributed by atoms with van der Waals surface area (Å²) in [6.07, 6.45) is -0.333. The van der Waals surface area contributed by atoms with Gasteiger partial charge in [0.25, 0.3) is 0 Å². The second-order valence-corrected chi connectivity index (χ2v) is 21.6. The largest absolute Gasteiger partial charge is 0.346 e. The van der Waals surface area contributed by atoms with Gasteiger partial charge >= 0.3 is 0 Å². The molecule has 0 saturated heterocycles. The van der Waals surface area contributed by atoms with Gasteiger partial charge in [-0.15, -0.1) is 11.3 Å². The molecule has 74 heavy (non-hydrogen) atoms. The maximum absolute atomic E-state index is 5.56. The first kappa shape index (κ1) is 45.5. The number of nitrogens with one attached hydrogen (secondary N) is 1. The molecular formula is C69H56N4S. The number of allylic oxidation sites excluding steroid dienone is 1. The van der Waals surface area contributed by atoms with Crippen molar-refractivity contribution in [3.05, 3.63) is 268 Å². The highest BCUT2D eigenvalue weighted by molar-refractivity contribution is 7.25. The Morgan fingerprint density at radius 3 is 1.91 bits per heavy atom. The molecule has 2 aliphatic carbocycles. The van der Waals surface area contributed by atoms with Crippen molar-refractivity contribution >= 4 is 86.6 Å². The standard InChI is InChI=1S/C53H35N3S.C8H11N.C8H10/c1-53(2)42-25-22-31(28-41(42)49-38-16-9-11-30-12-10-17-39(48(30)38)50(49)53)32-23-26-45-40(27-32)34-13-4-7-19-44(34)56(45)52-54-43-18-6-3-15-37(43)51(55-52)33-21-24-36-35-14-5-8-20-46(35)57-47(36)29-33;1-7-4-2-3-5-8(7)6-9;1-7-5-3-4-6-8(7)2/h3-29,52,54H,1-2H3;2-5H,6,9H2,1H3;3-6H,1-2H3. The van der Waals surface area contributed by atoms with Crippen LogP contribution in [-0.2, 0) is 12.0 Å². The van der Waals surface area contributed by atoms with Gasteiger partial charge in [0.1, 0.15) is 0 Å². The number of rotatable bonds is 4. The zero-order valence-electron chi connectivity index (χ0n) is 42.4. The smallest absolute Gasteiger partial charge is 0.201 e. The van der Waals surface area contributed by atoms with E-state index < -0.39 is 0 Å². The third-order valence-electron chi connectivity index (χ3n) is 15.8. The second kappa shape index (κ2) is 18.0. The van der Waals surface area contributed by atoms with Crippen LogP contribution in [0.3, 0.4) is 0 Å². The van der Waals surface area contributed by atoms with Crippen molar-refractivity contribution < 1.29 is 0 Å². The van der Waals surface area contributed by atoms with Gasteiger partial charge < -0.3 is 15.6 Å². The highest BCUT2D eigenvalue weighted by Gasteiger charge is 2.43. The zero-order valence-corrected chi connectivity index (χ0v) is 43.2. The minimum absolute atomic E-state index is 0.0809. The van der Waals surface area contributed by atoms with E-state index in [9.17, 15) is 0 Å². The maximum atomic E-state index is 5.56. The number of benzene rings is 10. The van der Waals surface area contributed by atoms with Crippen LogP contribution in [0.5, 0.6) is 0 Å². The summed E-state index contributed by atoms with van der Waals surface area (Å²) in [7, 11) is 0. The van der Waals surface area contributed by atoms with E-state index in [4.69, 9.17) is 10.7 Å². The first-order chi connectivity index (χ1) is 36.2. The Hall–Kier alpha value is -8.35. The summed E-state index contributed by atoms with van der Waals surface area (Å²) in [6.45, 7) is 11.8. The number of hydrogen-bond acceptors (Lipinski definition) is 4. The van der Waals surface area contributed by atoms with E-state index in [2.05, 4.69) is 245 Å². The monoisotopic (exact) mass is 972 g/mol. The molecule has 15 rings (SSSR count). The fourth-order valence-corrected chi connectivity index (χ4v) is 13.1. The lowest BCUT2D eigenvalue weighted by atomic mass is 9.78. The zero-order chi connectivity index (χ0) is 50.2. The molecule has 5 heteroatoms. The lowest BCUT2D eigenvalue weighted by Crippen LogP contribution is -2.24. The summed E-state index contributed by atoms with van der Waals surface area (Å²) in [5, 5.41) is 11.6. The molecule has 1 atom stereocenters. The van der Waals surface area contributed by atoms with E-state index in [-0.39, 0.29) is 11.7 Å². The molecule has 0 amide bonds. The van der Waals surface area contributed by atoms with Gasteiger partial charge in [-0.1, -0.05) is 184 Å². The molecule has 0 spiro atoms. The molecule has 0 radical (unpaired) electrons. The number of aromatic nitrogens is 1. The average Bonchev–Trinajstić information content (AvgIpc) is 4.22. The predicted molar refractivity (Wildman–Crippen MR) is 317 cm³/mol. The number of para-hydroxylation sites is 2. The van der Waals surface area contributed by atoms with Crippen molar-refractivity contribution in [3.8, 4) is 11.1 Å². The van der Waals surface area contributed by atoms with Gasteiger partial charge in [-0.25, -0.2) is 4.99 Å². The lowest BCUT2D eigenvalue weighted by Gasteiger charge is -2.28. The van der Waals surface area contributed by atoms with Crippen LogP contribution >= 0.6 is 11.3 Å². The number of anilines is 1. The van der Waals surface area contributed by atoms with Gasteiger partial charge in [0.2, 0.25) is 6.29 Å². The Kier molecular flexibility index (Phi) is 11.1. The number of aryl methyl sites for hydroxylation is 3. The summed E-state index contributed by atoms with van der Waals surface area (Å²) in [5.74, 6) is 0. The van der Waals surface area contributed by atoms with E-state index in [1.807, 2.05) is 23.5 Å². The van der Waals surface area contributed by atoms with Crippen LogP contribution in [-0.4, -0.2) is 10.3 Å². The van der Waals surface area contributed by atoms with E-state index >= 15 is 0 Å². The number of hydrogen-bond donors (Lipinski definition) is 2. The molecule has 0 saturated carbocycles. The first-order valence-electron chi connectivity index (χ1n) is 25.7. The third-order valence-corrected chi connectivity index (χ3v) is 17.0. The summed E-state index contributed by atoms with van der Waals surface area (Å²) in [5.41, 5.74) is 28.1. The van der Waals surface area contributed by atoms with E-state index in [1.165, 1.54) is 108 Å². The van der Waals surface area contributed by atoms with Crippen LogP contribution in [0.15, 0.2) is 217 Å². The molecule has 4 nitrogen and oxygen atoms in total. The Balaban J connectivity index is 0.000000265. The van der Waals surface area contributed by atoms with Crippen LogP contribution in [0.25, 0.3) is 75.0 Å². The van der Waals surface area contributed by atoms with Crippen molar-refractivity contribution in [1.82, 2.24) is 4.57 Å². The molecule has 2 aromatic heterocycles. The number of nitrogens with two attached hydrogens (primary N) is 1. The van der Waals surface area contributed by atoms with E-state index in [0.717, 1.165) is 33.6 Å². The normalized spacial score (nSPS) is 14.8. The number of fused-ring (bicyclic) bond motifs is 11. The SMILES string of the molecule is CC1(C)C2=C(c3cc(-c4ccc5c(c4)c4ccccc4n5C4N=C(c5ccc6c(c5)sc5ccccc56)c5ccccc5N4)ccc31)c1cccc3cccc2c13.Cc1ccccc1C.Cc1ccccc1CN. The number of nitrogens with zero attached hydrogens (tertiary/aromatic N) is 2. The predicted octanol–water partition coefficient (Wildman–Crippen LogP) is 17.7. The van der Waals surface area contributed by atoms with Gasteiger partial charge in [-0.3, -0.25) is 0 Å². The average molecular weight is 973 g/mol. The molecule has 0 bridgehead atoms. The van der Waals surface area contributed by atoms with Crippen LogP contribution < -0.4 is 11.1 Å². The van der Waals surface area contributed by atoms with E-state index in [0.29, 0.717) is 6.54 Å². The van der Waals surface area contributed by atoms with Crippen LogP contribution in [0.2, 0.25) is 0 Å². The van der Waals surface area contributed by atoms with Gasteiger partial charge in [-0.05, 0) is 141 Å². The molecule has 3 N–H and O–H groups in total. The molecule has 10 aromatic carbocycles. The van der Waals surface area contributed by atoms with Gasteiger partial charge in [0.05, 0.1) is 16.7 Å². The fourth-order valence-electron chi connectivity index (χ4n) is 11.9. The Morgan fingerprint density at radius 1 is 0.514 bits per heavy atom. The molecule has 1 aliphatic heterocycles. The van der Waals surface area contributed by atoms with Crippen molar-refractivity contribution in [2.75, 3.05) is 5.32 Å². The number of thiophene rings is 1. The van der Waals surface area contributed by atoms with Crippen LogP contribution in [0.1, 0.15) is 75.8 Å². The summed E-state index contributed by atoms with van der Waals surface area (Å²) in [6, 6.07) is 77.2. The molecule has 3 heterocycles. The minimum Gasteiger partial charge on any atom is -0.346 e. The molecule has 1 unspecified atom stereocenters. The van der Waals surface area contributed by atoms with Gasteiger partial charge in [0.15, 0.2) is 0 Å². The van der Waals surface area contributed by atoms with Crippen molar-refractivity contribution in [2.24, 2.45) is 10.7 Å². The van der Waals surface area contributed by atoms with Gasteiger partial charge in [-0.2, -0.15) is 0 Å². The molecule has 12 aromatic rings. The maximum Gasteiger partial charge on any atom is 0.201 e. The first-order valence-corrected chi connectivity index (χ1v) is 26.6. The highest BCUT2D eigenvalue weighted by atomic mass is 32.1. The molecule has 358 valence electrons. The minimum atomic E-state index is -0.333. The van der Waals surface area contributed by atoms with Crippen molar-refractivity contribution in [1.29, 1.82) is 0 Å². The highest BCUT2D eigenvalue weighted by Crippen LogP contribution is 2.59. The van der Waals surface area contributed by atoms with E-state index in [1.54, 1.807) is 0 Å². The summed E-state index contributed by atoms with van der Waals surface area (Å²) in [4.78, 5) is 5.56. The summed E-state index contributed by atoms with van der Waals surface area (Å²) >= 11 is 1.85. The van der Waals surface area contributed by atoms with Crippen molar-refractivity contribution in [2.45, 2.75) is 52.9 Å². The molecule has 0 fully saturated rings. The van der Waals surface area contributed by atoms with Gasteiger partial charge in [0, 0.05) is 59.7 Å². The fraction of sp³-hybridized carbons (Fsp3) is 0.116. The Bertz CT molecular complexity index is 4270. The topological polar surface area (TPSA) is 55.3 Å². The Labute approximate surface area is 436 Å². The van der Waals surface area contributed by atoms with Crippen LogP contribution in [0.4, 0.5) is 5.69 Å². The quantitative estimate of drug-likeness (QED) is 0.185. The number of aliphatic imine (C=N–C) groups is 1. The molecule has 3 aliphatic rings. The molecular weight excluding hydrogens is 917 g/mol. The second-order valence-electron chi connectivity index (χ2n) is 20.5. The summed E-state index contributed by atoms with van der Waals surface area (Å²) < 4.78 is 4.98. The third kappa shape index (κ3) is 7.41.